The summed E-state index contributed by atoms with van der Waals surface area (Å²) in [6.45, 7) is 1.88. The molecule has 0 fully saturated rings. The Morgan fingerprint density at radius 1 is 1.00 bits per heavy atom. The Labute approximate surface area is 161 Å². The van der Waals surface area contributed by atoms with Crippen LogP contribution in [0.2, 0.25) is 10.0 Å². The lowest BCUT2D eigenvalue weighted by atomic mass is 9.95. The molecule has 0 saturated heterocycles. The summed E-state index contributed by atoms with van der Waals surface area (Å²) >= 11 is 12.3. The highest BCUT2D eigenvalue weighted by atomic mass is 35.5. The molecule has 1 heterocycles. The van der Waals surface area contributed by atoms with Gasteiger partial charge in [0.05, 0.1) is 20.5 Å². The van der Waals surface area contributed by atoms with Gasteiger partial charge in [-0.05, 0) is 49.6 Å². The summed E-state index contributed by atoms with van der Waals surface area (Å²) in [6, 6.07) is 9.74. The van der Waals surface area contributed by atoms with Crippen LogP contribution in [0.1, 0.15) is 34.5 Å². The molecule has 0 unspecified atom stereocenters. The first-order chi connectivity index (χ1) is 12.3. The lowest BCUT2D eigenvalue weighted by molar-refractivity contribution is 0.0967. The van der Waals surface area contributed by atoms with E-state index in [1.165, 1.54) is 6.07 Å². The van der Waals surface area contributed by atoms with Gasteiger partial charge in [-0.3, -0.25) is 4.79 Å². The Bertz CT molecular complexity index is 1160. The number of hydrogen-bond donors (Lipinski definition) is 0. The summed E-state index contributed by atoms with van der Waals surface area (Å²) in [5.74, 6) is -0.176. The van der Waals surface area contributed by atoms with Gasteiger partial charge in [0, 0.05) is 11.8 Å². The van der Waals surface area contributed by atoms with Crippen molar-refractivity contribution in [2.24, 2.45) is 0 Å². The van der Waals surface area contributed by atoms with E-state index in [0.717, 1.165) is 15.1 Å². The zero-order valence-electron chi connectivity index (χ0n) is 13.9. The second-order valence-electron chi connectivity index (χ2n) is 6.47. The Hall–Kier alpha value is -1.82. The van der Waals surface area contributed by atoms with Gasteiger partial charge in [0.1, 0.15) is 5.69 Å². The van der Waals surface area contributed by atoms with Crippen LogP contribution in [0.3, 0.4) is 0 Å². The van der Waals surface area contributed by atoms with Gasteiger partial charge in [0.15, 0.2) is 5.78 Å². The second-order valence-corrected chi connectivity index (χ2v) is 9.07. The minimum Gasteiger partial charge on any atom is -0.292 e. The van der Waals surface area contributed by atoms with Crippen LogP contribution in [-0.4, -0.2) is 18.2 Å². The number of hydrogen-bond acceptors (Lipinski definition) is 3. The van der Waals surface area contributed by atoms with Crippen molar-refractivity contribution in [2.75, 3.05) is 0 Å². The topological polar surface area (TPSA) is 56.1 Å². The Morgan fingerprint density at radius 2 is 1.65 bits per heavy atom. The van der Waals surface area contributed by atoms with E-state index in [-0.39, 0.29) is 21.4 Å². The molecule has 0 N–H and O–H groups in total. The van der Waals surface area contributed by atoms with Crippen LogP contribution >= 0.6 is 23.2 Å². The van der Waals surface area contributed by atoms with Gasteiger partial charge in [0.25, 0.3) is 10.0 Å². The molecule has 1 aliphatic carbocycles. The SMILES string of the molecule is Cc1ccc(S(=O)(=O)n2c3c(c4cc(Cl)c(Cl)cc42)CCCC3=O)cc1. The number of Topliss-reactive ketones (excluding diaryl/α,β-unsaturated/α-hetero) is 1. The fourth-order valence-corrected chi connectivity index (χ4v) is 5.34. The van der Waals surface area contributed by atoms with Crippen molar-refractivity contribution >= 4 is 49.9 Å². The van der Waals surface area contributed by atoms with Gasteiger partial charge in [-0.25, -0.2) is 12.4 Å². The highest BCUT2D eigenvalue weighted by molar-refractivity contribution is 7.90. The highest BCUT2D eigenvalue weighted by Gasteiger charge is 2.32. The van der Waals surface area contributed by atoms with E-state index in [4.69, 9.17) is 23.2 Å². The van der Waals surface area contributed by atoms with Crippen LogP contribution in [0.25, 0.3) is 10.9 Å². The smallest absolute Gasteiger partial charge is 0.268 e. The largest absolute Gasteiger partial charge is 0.292 e. The summed E-state index contributed by atoms with van der Waals surface area (Å²) in [5.41, 5.74) is 2.30. The standard InChI is InChI=1S/C19H15Cl2NO3S/c1-11-5-7-12(8-6-11)26(24,25)22-17-10-16(21)15(20)9-14(17)13-3-2-4-18(23)19(13)22/h5-10H,2-4H2,1H3. The number of carbonyl (C=O) groups excluding carboxylic acids is 1. The fraction of sp³-hybridized carbons (Fsp3) is 0.211. The van der Waals surface area contributed by atoms with Crippen LogP contribution in [0.4, 0.5) is 0 Å². The summed E-state index contributed by atoms with van der Waals surface area (Å²) in [7, 11) is -3.95. The normalized spacial score (nSPS) is 14.7. The molecule has 2 aromatic carbocycles. The molecule has 0 radical (unpaired) electrons. The van der Waals surface area contributed by atoms with E-state index in [1.54, 1.807) is 30.3 Å². The number of carbonyl (C=O) groups is 1. The quantitative estimate of drug-likeness (QED) is 0.599. The maximum atomic E-state index is 13.4. The summed E-state index contributed by atoms with van der Waals surface area (Å²) in [4.78, 5) is 12.8. The molecule has 0 bridgehead atoms. The molecule has 134 valence electrons. The number of halogens is 2. The average Bonchev–Trinajstić information content (AvgIpc) is 2.91. The van der Waals surface area contributed by atoms with E-state index < -0.39 is 10.0 Å². The maximum Gasteiger partial charge on any atom is 0.268 e. The molecule has 7 heteroatoms. The molecule has 26 heavy (non-hydrogen) atoms. The van der Waals surface area contributed by atoms with Crippen LogP contribution in [0.15, 0.2) is 41.3 Å². The molecule has 3 aromatic rings. The molecule has 0 saturated carbocycles. The van der Waals surface area contributed by atoms with Gasteiger partial charge in [-0.1, -0.05) is 40.9 Å². The fourth-order valence-electron chi connectivity index (χ4n) is 3.46. The molecule has 0 spiro atoms. The summed E-state index contributed by atoms with van der Waals surface area (Å²) < 4.78 is 27.9. The Morgan fingerprint density at radius 3 is 2.35 bits per heavy atom. The van der Waals surface area contributed by atoms with Crippen molar-refractivity contribution in [3.63, 3.8) is 0 Å². The molecule has 0 aliphatic heterocycles. The van der Waals surface area contributed by atoms with Crippen LogP contribution in [0, 0.1) is 6.92 Å². The third-order valence-corrected chi connectivity index (χ3v) is 7.18. The van der Waals surface area contributed by atoms with Gasteiger partial charge >= 0.3 is 0 Å². The van der Waals surface area contributed by atoms with Crippen molar-refractivity contribution in [3.8, 4) is 0 Å². The molecular weight excluding hydrogens is 393 g/mol. The van der Waals surface area contributed by atoms with Crippen LogP contribution in [-0.2, 0) is 16.4 Å². The molecular formula is C19H15Cl2NO3S. The number of ketones is 1. The van der Waals surface area contributed by atoms with E-state index in [0.29, 0.717) is 35.2 Å². The monoisotopic (exact) mass is 407 g/mol. The Balaban J connectivity index is 2.12. The first-order valence-corrected chi connectivity index (χ1v) is 10.4. The predicted molar refractivity (Wildman–Crippen MR) is 103 cm³/mol. The summed E-state index contributed by atoms with van der Waals surface area (Å²) in [6.07, 6.45) is 1.65. The van der Waals surface area contributed by atoms with E-state index in [2.05, 4.69) is 0 Å². The molecule has 1 aliphatic rings. The lowest BCUT2D eigenvalue weighted by Gasteiger charge is -2.15. The van der Waals surface area contributed by atoms with Crippen LogP contribution < -0.4 is 0 Å². The van der Waals surface area contributed by atoms with Crippen molar-refractivity contribution < 1.29 is 13.2 Å². The molecule has 4 rings (SSSR count). The van der Waals surface area contributed by atoms with Crippen molar-refractivity contribution in [1.29, 1.82) is 0 Å². The highest BCUT2D eigenvalue weighted by Crippen LogP contribution is 2.38. The number of nitrogens with zero attached hydrogens (tertiary/aromatic N) is 1. The number of benzene rings is 2. The number of rotatable bonds is 2. The zero-order valence-corrected chi connectivity index (χ0v) is 16.2. The van der Waals surface area contributed by atoms with Crippen molar-refractivity contribution in [2.45, 2.75) is 31.1 Å². The van der Waals surface area contributed by atoms with Gasteiger partial charge in [-0.15, -0.1) is 0 Å². The van der Waals surface area contributed by atoms with E-state index in [9.17, 15) is 13.2 Å². The first-order valence-electron chi connectivity index (χ1n) is 8.18. The van der Waals surface area contributed by atoms with Gasteiger partial charge < -0.3 is 0 Å². The third-order valence-electron chi connectivity index (χ3n) is 4.73. The zero-order chi connectivity index (χ0) is 18.6. The second kappa shape index (κ2) is 6.12. The predicted octanol–water partition coefficient (Wildman–Crippen LogP) is 5.01. The average molecular weight is 408 g/mol. The van der Waals surface area contributed by atoms with E-state index >= 15 is 0 Å². The summed E-state index contributed by atoms with van der Waals surface area (Å²) in [5, 5.41) is 1.25. The van der Waals surface area contributed by atoms with Gasteiger partial charge in [0.2, 0.25) is 0 Å². The van der Waals surface area contributed by atoms with Crippen LogP contribution in [0.5, 0.6) is 0 Å². The van der Waals surface area contributed by atoms with Gasteiger partial charge in [-0.2, -0.15) is 0 Å². The van der Waals surface area contributed by atoms with Crippen molar-refractivity contribution in [1.82, 2.24) is 3.97 Å². The molecule has 1 aromatic heterocycles. The van der Waals surface area contributed by atoms with Crippen molar-refractivity contribution in [3.05, 3.63) is 63.3 Å². The minimum absolute atomic E-state index is 0.132. The molecule has 0 atom stereocenters. The Kier molecular flexibility index (Phi) is 4.14. The minimum atomic E-state index is -3.95. The third kappa shape index (κ3) is 2.57. The first kappa shape index (κ1) is 17.6. The van der Waals surface area contributed by atoms with E-state index in [1.807, 2.05) is 6.92 Å². The maximum absolute atomic E-state index is 13.4. The number of fused-ring (bicyclic) bond motifs is 3. The molecule has 4 nitrogen and oxygen atoms in total. The lowest BCUT2D eigenvalue weighted by Crippen LogP contribution is -2.21. The molecule has 0 amide bonds. The number of aryl methyl sites for hydroxylation is 2. The number of aromatic nitrogens is 1.